The highest BCUT2D eigenvalue weighted by atomic mass is 19.4. The molecule has 1 spiro atoms. The molecule has 0 radical (unpaired) electrons. The first-order valence-electron chi connectivity index (χ1n) is 12.4. The van der Waals surface area contributed by atoms with Gasteiger partial charge in [-0.3, -0.25) is 9.69 Å². The average Bonchev–Trinajstić information content (AvgIpc) is 3.60. The summed E-state index contributed by atoms with van der Waals surface area (Å²) in [7, 11) is 3.41. The SMILES string of the molecule is CN(C)C(=O)N1CC2(CCN(C3CCN(C(=O)C4(C(F)(F)F)CC4)CC3)CC2)c2cc(F)ccc21. The third kappa shape index (κ3) is 3.97. The van der Waals surface area contributed by atoms with E-state index >= 15 is 0 Å². The smallest absolute Gasteiger partial charge is 0.342 e. The van der Waals surface area contributed by atoms with Gasteiger partial charge in [-0.1, -0.05) is 0 Å². The van der Waals surface area contributed by atoms with Crippen LogP contribution in [0.3, 0.4) is 0 Å². The fraction of sp³-hybridized carbons (Fsp3) is 0.680. The number of likely N-dealkylation sites (tertiary alicyclic amines) is 2. The molecule has 35 heavy (non-hydrogen) atoms. The van der Waals surface area contributed by atoms with E-state index in [-0.39, 0.29) is 36.1 Å². The fourth-order valence-corrected chi connectivity index (χ4v) is 6.28. The number of fused-ring (bicyclic) bond motifs is 2. The monoisotopic (exact) mass is 496 g/mol. The van der Waals surface area contributed by atoms with E-state index in [2.05, 4.69) is 4.90 Å². The lowest BCUT2D eigenvalue weighted by atomic mass is 9.74. The number of hydrogen-bond acceptors (Lipinski definition) is 3. The van der Waals surface area contributed by atoms with Crippen molar-refractivity contribution in [3.8, 4) is 0 Å². The quantitative estimate of drug-likeness (QED) is 0.582. The lowest BCUT2D eigenvalue weighted by molar-refractivity contribution is -0.199. The zero-order valence-corrected chi connectivity index (χ0v) is 20.2. The lowest BCUT2D eigenvalue weighted by Gasteiger charge is -2.45. The number of amides is 3. The van der Waals surface area contributed by atoms with Crippen LogP contribution in [-0.4, -0.2) is 85.7 Å². The summed E-state index contributed by atoms with van der Waals surface area (Å²) in [5.41, 5.74) is -0.793. The van der Waals surface area contributed by atoms with Crippen molar-refractivity contribution in [2.75, 3.05) is 51.7 Å². The van der Waals surface area contributed by atoms with Gasteiger partial charge in [0.2, 0.25) is 5.91 Å². The fourth-order valence-electron chi connectivity index (χ4n) is 6.28. The minimum Gasteiger partial charge on any atom is -0.342 e. The molecule has 0 N–H and O–H groups in total. The van der Waals surface area contributed by atoms with Gasteiger partial charge < -0.3 is 14.7 Å². The number of anilines is 1. The average molecular weight is 497 g/mol. The van der Waals surface area contributed by atoms with Gasteiger partial charge in [0.1, 0.15) is 11.2 Å². The summed E-state index contributed by atoms with van der Waals surface area (Å²) >= 11 is 0. The Morgan fingerprint density at radius 2 is 1.63 bits per heavy atom. The predicted molar refractivity (Wildman–Crippen MR) is 123 cm³/mol. The minimum atomic E-state index is -4.47. The molecule has 2 saturated heterocycles. The minimum absolute atomic E-state index is 0.0983. The van der Waals surface area contributed by atoms with Crippen molar-refractivity contribution < 1.29 is 27.2 Å². The van der Waals surface area contributed by atoms with Gasteiger partial charge in [0, 0.05) is 50.9 Å². The van der Waals surface area contributed by atoms with E-state index in [0.29, 0.717) is 32.5 Å². The molecule has 1 aromatic rings. The maximum atomic E-state index is 14.2. The van der Waals surface area contributed by atoms with Crippen molar-refractivity contribution in [2.45, 2.75) is 56.2 Å². The van der Waals surface area contributed by atoms with Crippen LogP contribution in [-0.2, 0) is 10.2 Å². The molecule has 3 aliphatic heterocycles. The summed E-state index contributed by atoms with van der Waals surface area (Å²) in [6, 6.07) is 4.73. The zero-order valence-electron chi connectivity index (χ0n) is 20.2. The topological polar surface area (TPSA) is 47.1 Å². The molecular formula is C25H32F4N4O2. The van der Waals surface area contributed by atoms with Crippen molar-refractivity contribution in [1.82, 2.24) is 14.7 Å². The molecular weight excluding hydrogens is 464 g/mol. The van der Waals surface area contributed by atoms with Gasteiger partial charge in [-0.15, -0.1) is 0 Å². The van der Waals surface area contributed by atoms with Crippen LogP contribution >= 0.6 is 0 Å². The van der Waals surface area contributed by atoms with Crippen LogP contribution in [0, 0.1) is 11.2 Å². The number of piperidine rings is 2. The highest BCUT2D eigenvalue weighted by Gasteiger charge is 2.69. The van der Waals surface area contributed by atoms with Crippen LogP contribution in [0.2, 0.25) is 0 Å². The molecule has 4 aliphatic rings. The Bertz CT molecular complexity index is 1010. The van der Waals surface area contributed by atoms with Crippen molar-refractivity contribution in [3.05, 3.63) is 29.6 Å². The highest BCUT2D eigenvalue weighted by molar-refractivity contribution is 5.95. The van der Waals surface area contributed by atoms with Crippen LogP contribution < -0.4 is 4.90 Å². The predicted octanol–water partition coefficient (Wildman–Crippen LogP) is 3.99. The number of carbonyl (C=O) groups excluding carboxylic acids is 2. The Hall–Kier alpha value is -2.36. The van der Waals surface area contributed by atoms with E-state index < -0.39 is 17.5 Å². The van der Waals surface area contributed by atoms with Gasteiger partial charge in [0.15, 0.2) is 0 Å². The largest absolute Gasteiger partial charge is 0.403 e. The number of benzene rings is 1. The Balaban J connectivity index is 1.23. The van der Waals surface area contributed by atoms with Crippen molar-refractivity contribution in [1.29, 1.82) is 0 Å². The molecule has 5 rings (SSSR count). The van der Waals surface area contributed by atoms with Gasteiger partial charge in [-0.2, -0.15) is 13.2 Å². The third-order valence-corrected chi connectivity index (χ3v) is 8.62. The molecule has 1 aromatic carbocycles. The summed E-state index contributed by atoms with van der Waals surface area (Å²) in [5, 5.41) is 0. The number of urea groups is 1. The highest BCUT2D eigenvalue weighted by Crippen LogP contribution is 2.58. The van der Waals surface area contributed by atoms with Gasteiger partial charge in [-0.25, -0.2) is 9.18 Å². The van der Waals surface area contributed by atoms with Crippen LogP contribution in [0.15, 0.2) is 18.2 Å². The Kier molecular flexibility index (Phi) is 5.81. The van der Waals surface area contributed by atoms with Crippen LogP contribution in [0.5, 0.6) is 0 Å². The molecule has 10 heteroatoms. The molecule has 1 saturated carbocycles. The summed E-state index contributed by atoms with van der Waals surface area (Å²) in [6.07, 6.45) is -1.81. The number of alkyl halides is 3. The number of carbonyl (C=O) groups is 2. The Morgan fingerprint density at radius 1 is 1.00 bits per heavy atom. The van der Waals surface area contributed by atoms with Gasteiger partial charge >= 0.3 is 12.2 Å². The summed E-state index contributed by atoms with van der Waals surface area (Å²) in [4.78, 5) is 32.4. The summed E-state index contributed by atoms with van der Waals surface area (Å²) in [5.74, 6) is -1.06. The second kappa shape index (κ2) is 8.35. The van der Waals surface area contributed by atoms with E-state index in [1.165, 1.54) is 15.9 Å². The molecule has 0 atom stereocenters. The molecule has 6 nitrogen and oxygen atoms in total. The van der Waals surface area contributed by atoms with Crippen molar-refractivity contribution in [2.24, 2.45) is 5.41 Å². The number of halogens is 4. The zero-order chi connectivity index (χ0) is 25.2. The molecule has 1 aliphatic carbocycles. The first-order chi connectivity index (χ1) is 16.5. The van der Waals surface area contributed by atoms with Crippen molar-refractivity contribution >= 4 is 17.6 Å². The first kappa shape index (κ1) is 24.3. The van der Waals surface area contributed by atoms with E-state index in [0.717, 1.165) is 37.2 Å². The standard InChI is InChI=1S/C25H32F4N4O2/c1-30(2)22(35)33-16-23(19-15-17(26)3-4-20(19)33)9-13-31(14-10-23)18-5-11-32(12-6-18)21(34)24(7-8-24)25(27,28)29/h3-4,15,18H,5-14,16H2,1-2H3. The number of rotatable bonds is 2. The van der Waals surface area contributed by atoms with Gasteiger partial charge in [0.05, 0.1) is 0 Å². The molecule has 192 valence electrons. The van der Waals surface area contributed by atoms with Crippen LogP contribution in [0.1, 0.15) is 44.1 Å². The molecule has 3 fully saturated rings. The van der Waals surface area contributed by atoms with Crippen LogP contribution in [0.25, 0.3) is 0 Å². The molecule has 0 aromatic heterocycles. The normalized spacial score (nSPS) is 23.9. The van der Waals surface area contributed by atoms with Gasteiger partial charge in [0.25, 0.3) is 0 Å². The molecule has 3 amide bonds. The van der Waals surface area contributed by atoms with E-state index in [1.807, 2.05) is 0 Å². The lowest BCUT2D eigenvalue weighted by Crippen LogP contribution is -2.54. The van der Waals surface area contributed by atoms with E-state index in [4.69, 9.17) is 0 Å². The Morgan fingerprint density at radius 3 is 2.17 bits per heavy atom. The number of nitrogens with zero attached hydrogens (tertiary/aromatic N) is 4. The third-order valence-electron chi connectivity index (χ3n) is 8.62. The van der Waals surface area contributed by atoms with Crippen LogP contribution in [0.4, 0.5) is 28.0 Å². The van der Waals surface area contributed by atoms with E-state index in [9.17, 15) is 27.2 Å². The Labute approximate surface area is 202 Å². The molecule has 0 bridgehead atoms. The molecule has 0 unspecified atom stereocenters. The van der Waals surface area contributed by atoms with Crippen molar-refractivity contribution in [3.63, 3.8) is 0 Å². The number of hydrogen-bond donors (Lipinski definition) is 0. The second-order valence-electron chi connectivity index (χ2n) is 10.8. The summed E-state index contributed by atoms with van der Waals surface area (Å²) < 4.78 is 54.3. The summed E-state index contributed by atoms with van der Waals surface area (Å²) in [6.45, 7) is 2.75. The second-order valence-corrected chi connectivity index (χ2v) is 10.8. The first-order valence-corrected chi connectivity index (χ1v) is 12.4. The molecule has 3 heterocycles. The van der Waals surface area contributed by atoms with Gasteiger partial charge in [-0.05, 0) is 75.4 Å². The maximum absolute atomic E-state index is 14.2. The maximum Gasteiger partial charge on any atom is 0.403 e. The van der Waals surface area contributed by atoms with E-state index in [1.54, 1.807) is 31.1 Å².